The zero-order valence-electron chi connectivity index (χ0n) is 9.76. The smallest absolute Gasteiger partial charge is 0.0932 e. The van der Waals surface area contributed by atoms with Gasteiger partial charge >= 0.3 is 0 Å². The first-order valence-corrected chi connectivity index (χ1v) is 6.16. The van der Waals surface area contributed by atoms with E-state index in [4.69, 9.17) is 9.47 Å². The third kappa shape index (κ3) is 2.92. The summed E-state index contributed by atoms with van der Waals surface area (Å²) in [4.78, 5) is 0. The van der Waals surface area contributed by atoms with Crippen molar-refractivity contribution in [1.82, 2.24) is 5.32 Å². The molecule has 3 heteroatoms. The highest BCUT2D eigenvalue weighted by Crippen LogP contribution is 2.37. The second-order valence-electron chi connectivity index (χ2n) is 5.08. The summed E-state index contributed by atoms with van der Waals surface area (Å²) in [5.41, 5.74) is 0.431. The lowest BCUT2D eigenvalue weighted by atomic mass is 9.75. The summed E-state index contributed by atoms with van der Waals surface area (Å²) in [6, 6.07) is 0. The molecule has 1 atom stereocenters. The van der Waals surface area contributed by atoms with Crippen molar-refractivity contribution in [2.24, 2.45) is 5.41 Å². The van der Waals surface area contributed by atoms with Crippen LogP contribution in [-0.2, 0) is 9.47 Å². The molecule has 1 saturated carbocycles. The van der Waals surface area contributed by atoms with E-state index >= 15 is 0 Å². The summed E-state index contributed by atoms with van der Waals surface area (Å²) in [6.07, 6.45) is 7.07. The molecular weight excluding hydrogens is 190 g/mol. The number of nitrogens with one attached hydrogen (secondary N) is 1. The normalized spacial score (nSPS) is 31.4. The van der Waals surface area contributed by atoms with Gasteiger partial charge in [0, 0.05) is 25.6 Å². The topological polar surface area (TPSA) is 30.5 Å². The molecule has 1 aliphatic carbocycles. The van der Waals surface area contributed by atoms with Crippen molar-refractivity contribution in [3.05, 3.63) is 0 Å². The summed E-state index contributed by atoms with van der Waals surface area (Å²) >= 11 is 0. The molecule has 88 valence electrons. The van der Waals surface area contributed by atoms with Crippen molar-refractivity contribution in [2.75, 3.05) is 33.4 Å². The molecule has 0 amide bonds. The largest absolute Gasteiger partial charge is 0.382 e. The minimum absolute atomic E-state index is 0.247. The number of methoxy groups -OCH3 is 1. The number of rotatable bonds is 2. The maximum atomic E-state index is 5.95. The van der Waals surface area contributed by atoms with E-state index < -0.39 is 0 Å². The molecule has 2 rings (SSSR count). The van der Waals surface area contributed by atoms with Crippen LogP contribution in [-0.4, -0.2) is 39.5 Å². The summed E-state index contributed by atoms with van der Waals surface area (Å²) < 4.78 is 11.1. The van der Waals surface area contributed by atoms with Gasteiger partial charge in [-0.2, -0.15) is 0 Å². The molecule has 0 aromatic carbocycles. The van der Waals surface area contributed by atoms with Gasteiger partial charge in [-0.25, -0.2) is 0 Å². The van der Waals surface area contributed by atoms with E-state index in [-0.39, 0.29) is 6.10 Å². The Bertz CT molecular complexity index is 190. The Morgan fingerprint density at radius 1 is 1.33 bits per heavy atom. The zero-order chi connectivity index (χ0) is 10.6. The van der Waals surface area contributed by atoms with Gasteiger partial charge in [0.2, 0.25) is 0 Å². The number of hydrogen-bond donors (Lipinski definition) is 1. The quantitative estimate of drug-likeness (QED) is 0.755. The van der Waals surface area contributed by atoms with E-state index in [0.29, 0.717) is 12.0 Å². The molecular formula is C12H23NO2. The van der Waals surface area contributed by atoms with E-state index in [9.17, 15) is 0 Å². The van der Waals surface area contributed by atoms with Gasteiger partial charge in [0.15, 0.2) is 0 Å². The SMILES string of the molecule is COCC1CNCC2(CCCCC2)CO1. The average Bonchev–Trinajstić information content (AvgIpc) is 2.44. The standard InChI is InChI=1S/C12H23NO2/c1-14-8-11-7-13-9-12(10-15-11)5-3-2-4-6-12/h11,13H,2-10H2,1H3. The number of ether oxygens (including phenoxy) is 2. The monoisotopic (exact) mass is 213 g/mol. The van der Waals surface area contributed by atoms with E-state index in [1.807, 2.05) is 0 Å². The maximum Gasteiger partial charge on any atom is 0.0932 e. The molecule has 1 saturated heterocycles. The maximum absolute atomic E-state index is 5.95. The number of hydrogen-bond acceptors (Lipinski definition) is 3. The molecule has 15 heavy (non-hydrogen) atoms. The fraction of sp³-hybridized carbons (Fsp3) is 1.00. The summed E-state index contributed by atoms with van der Waals surface area (Å²) in [6.45, 7) is 3.71. The Morgan fingerprint density at radius 2 is 2.13 bits per heavy atom. The van der Waals surface area contributed by atoms with Gasteiger partial charge in [0.05, 0.1) is 19.3 Å². The molecule has 1 heterocycles. The van der Waals surface area contributed by atoms with Crippen LogP contribution < -0.4 is 5.32 Å². The summed E-state index contributed by atoms with van der Waals surface area (Å²) in [5, 5.41) is 3.54. The molecule has 3 nitrogen and oxygen atoms in total. The van der Waals surface area contributed by atoms with Crippen LogP contribution in [0.1, 0.15) is 32.1 Å². The molecule has 1 N–H and O–H groups in total. The van der Waals surface area contributed by atoms with Crippen molar-refractivity contribution in [2.45, 2.75) is 38.2 Å². The van der Waals surface area contributed by atoms with Crippen LogP contribution in [0.15, 0.2) is 0 Å². The van der Waals surface area contributed by atoms with Crippen LogP contribution in [0.4, 0.5) is 0 Å². The lowest BCUT2D eigenvalue weighted by Gasteiger charge is -2.35. The van der Waals surface area contributed by atoms with E-state index in [2.05, 4.69) is 5.32 Å². The summed E-state index contributed by atoms with van der Waals surface area (Å²) in [5.74, 6) is 0. The predicted octanol–water partition coefficient (Wildman–Crippen LogP) is 1.57. The van der Waals surface area contributed by atoms with Crippen LogP contribution in [0, 0.1) is 5.41 Å². The van der Waals surface area contributed by atoms with E-state index in [0.717, 1.165) is 19.7 Å². The highest BCUT2D eigenvalue weighted by Gasteiger charge is 2.34. The van der Waals surface area contributed by atoms with Gasteiger partial charge in [-0.1, -0.05) is 19.3 Å². The Balaban J connectivity index is 1.87. The van der Waals surface area contributed by atoms with Gasteiger partial charge in [-0.3, -0.25) is 0 Å². The van der Waals surface area contributed by atoms with Crippen LogP contribution in [0.3, 0.4) is 0 Å². The van der Waals surface area contributed by atoms with Crippen molar-refractivity contribution in [3.63, 3.8) is 0 Å². The van der Waals surface area contributed by atoms with Gasteiger partial charge in [-0.05, 0) is 12.8 Å². The van der Waals surface area contributed by atoms with Gasteiger partial charge in [0.25, 0.3) is 0 Å². The minimum atomic E-state index is 0.247. The summed E-state index contributed by atoms with van der Waals surface area (Å²) in [7, 11) is 1.74. The fourth-order valence-corrected chi connectivity index (χ4v) is 2.82. The van der Waals surface area contributed by atoms with Crippen LogP contribution in [0.5, 0.6) is 0 Å². The van der Waals surface area contributed by atoms with E-state index in [1.54, 1.807) is 7.11 Å². The van der Waals surface area contributed by atoms with Gasteiger partial charge in [-0.15, -0.1) is 0 Å². The Hall–Kier alpha value is -0.120. The van der Waals surface area contributed by atoms with Crippen LogP contribution >= 0.6 is 0 Å². The van der Waals surface area contributed by atoms with Gasteiger partial charge < -0.3 is 14.8 Å². The average molecular weight is 213 g/mol. The molecule has 2 fully saturated rings. The molecule has 2 aliphatic rings. The second kappa shape index (κ2) is 5.28. The molecule has 1 aliphatic heterocycles. The zero-order valence-corrected chi connectivity index (χ0v) is 9.76. The molecule has 0 bridgehead atoms. The Labute approximate surface area is 92.5 Å². The molecule has 0 radical (unpaired) electrons. The first-order valence-electron chi connectivity index (χ1n) is 6.16. The van der Waals surface area contributed by atoms with E-state index in [1.165, 1.54) is 32.1 Å². The second-order valence-corrected chi connectivity index (χ2v) is 5.08. The van der Waals surface area contributed by atoms with Crippen molar-refractivity contribution in [3.8, 4) is 0 Å². The molecule has 0 aromatic heterocycles. The first kappa shape index (κ1) is 11.4. The predicted molar refractivity (Wildman–Crippen MR) is 60.0 cm³/mol. The highest BCUT2D eigenvalue weighted by molar-refractivity contribution is 4.87. The van der Waals surface area contributed by atoms with Crippen LogP contribution in [0.2, 0.25) is 0 Å². The van der Waals surface area contributed by atoms with Gasteiger partial charge in [0.1, 0.15) is 0 Å². The molecule has 1 spiro atoms. The van der Waals surface area contributed by atoms with Crippen LogP contribution in [0.25, 0.3) is 0 Å². The van der Waals surface area contributed by atoms with Crippen molar-refractivity contribution >= 4 is 0 Å². The first-order chi connectivity index (χ1) is 7.35. The molecule has 0 aromatic rings. The Morgan fingerprint density at radius 3 is 2.87 bits per heavy atom. The third-order valence-electron chi connectivity index (χ3n) is 3.76. The fourth-order valence-electron chi connectivity index (χ4n) is 2.82. The minimum Gasteiger partial charge on any atom is -0.382 e. The van der Waals surface area contributed by atoms with Crippen molar-refractivity contribution in [1.29, 1.82) is 0 Å². The highest BCUT2D eigenvalue weighted by atomic mass is 16.5. The Kier molecular flexibility index (Phi) is 4.00. The lowest BCUT2D eigenvalue weighted by Crippen LogP contribution is -2.37. The van der Waals surface area contributed by atoms with Crippen molar-refractivity contribution < 1.29 is 9.47 Å². The molecule has 1 unspecified atom stereocenters. The third-order valence-corrected chi connectivity index (χ3v) is 3.76. The lowest BCUT2D eigenvalue weighted by molar-refractivity contribution is -0.0314.